The molecule has 0 fully saturated rings. The molecule has 0 spiro atoms. The van der Waals surface area contributed by atoms with Crippen molar-refractivity contribution in [2.45, 2.75) is 113 Å². The van der Waals surface area contributed by atoms with Crippen LogP contribution < -0.4 is 14.5 Å². The Bertz CT molecular complexity index is 3190. The Hall–Kier alpha value is -5.90. The predicted octanol–water partition coefficient (Wildman–Crippen LogP) is 16.9. The average Bonchev–Trinajstić information content (AvgIpc) is 3.87. The van der Waals surface area contributed by atoms with Gasteiger partial charge < -0.3 is 19.1 Å². The summed E-state index contributed by atoms with van der Waals surface area (Å²) in [7, 11) is 0. The van der Waals surface area contributed by atoms with Gasteiger partial charge >= 0.3 is 0 Å². The average molecular weight is 1090 g/mol. The van der Waals surface area contributed by atoms with Crippen molar-refractivity contribution in [3.63, 3.8) is 0 Å². The molecule has 0 bridgehead atoms. The van der Waals surface area contributed by atoms with Crippen molar-refractivity contribution < 1.29 is 25.8 Å². The molecule has 0 N–H and O–H groups in total. The second-order valence-corrected chi connectivity index (χ2v) is 23.2. The second kappa shape index (κ2) is 18.1. The molecule has 0 saturated carbocycles. The van der Waals surface area contributed by atoms with Crippen LogP contribution in [0.15, 0.2) is 157 Å². The molecular weight excluding hydrogens is 1020 g/mol. The van der Waals surface area contributed by atoms with Crippen LogP contribution >= 0.6 is 0 Å². The van der Waals surface area contributed by atoms with E-state index in [1.807, 2.05) is 18.3 Å². The number of aromatic nitrogens is 2. The summed E-state index contributed by atoms with van der Waals surface area (Å²) >= 11 is 0. The quantitative estimate of drug-likeness (QED) is 0.142. The number of allylic oxidation sites excluding steroid dienone is 2. The number of pyridine rings is 1. The maximum Gasteiger partial charge on any atom is 0.135 e. The monoisotopic (exact) mass is 1090 g/mol. The minimum Gasteiger partial charge on any atom is -0.509 e. The summed E-state index contributed by atoms with van der Waals surface area (Å²) in [5, 5.41) is 2.27. The van der Waals surface area contributed by atoms with Gasteiger partial charge in [-0.05, 0) is 79.9 Å². The molecule has 0 saturated heterocycles. The fraction of sp³-hybridized carbons (Fsp3) is 0.302. The summed E-state index contributed by atoms with van der Waals surface area (Å²) in [6.07, 6.45) is 1.92. The zero-order chi connectivity index (χ0) is 48.6. The van der Waals surface area contributed by atoms with Gasteiger partial charge in [0.25, 0.3) is 0 Å². The number of rotatable bonds is 8. The van der Waals surface area contributed by atoms with Gasteiger partial charge in [0.2, 0.25) is 0 Å². The predicted molar refractivity (Wildman–Crippen MR) is 286 cm³/mol. The van der Waals surface area contributed by atoms with E-state index in [0.29, 0.717) is 11.5 Å². The molecular formula is C63H67N4OPt-3. The van der Waals surface area contributed by atoms with Crippen molar-refractivity contribution in [3.8, 4) is 28.4 Å². The Morgan fingerprint density at radius 2 is 1.10 bits per heavy atom. The molecule has 6 aromatic carbocycles. The number of fused-ring (bicyclic) bond motifs is 3. The van der Waals surface area contributed by atoms with Crippen LogP contribution in [-0.4, -0.2) is 9.55 Å². The van der Waals surface area contributed by atoms with E-state index in [2.05, 4.69) is 257 Å². The molecule has 0 atom stereocenters. The third-order valence-corrected chi connectivity index (χ3v) is 13.5. The minimum atomic E-state index is -0.255. The molecule has 0 unspecified atom stereocenters. The van der Waals surface area contributed by atoms with Crippen molar-refractivity contribution in [3.05, 3.63) is 198 Å². The van der Waals surface area contributed by atoms with Crippen LogP contribution in [0.2, 0.25) is 0 Å². The topological polar surface area (TPSA) is 33.5 Å². The summed E-state index contributed by atoms with van der Waals surface area (Å²) in [4.78, 5) is 9.70. The van der Waals surface area contributed by atoms with Crippen LogP contribution in [0.1, 0.15) is 119 Å². The molecule has 1 aliphatic heterocycles. The molecule has 1 aliphatic rings. The van der Waals surface area contributed by atoms with E-state index in [4.69, 9.17) is 9.72 Å². The molecule has 0 radical (unpaired) electrons. The summed E-state index contributed by atoms with van der Waals surface area (Å²) < 4.78 is 9.04. The van der Waals surface area contributed by atoms with E-state index in [1.54, 1.807) is 0 Å². The van der Waals surface area contributed by atoms with Gasteiger partial charge in [0.05, 0.1) is 0 Å². The van der Waals surface area contributed by atoms with Gasteiger partial charge in [0.15, 0.2) is 0 Å². The minimum absolute atomic E-state index is 0. The smallest absolute Gasteiger partial charge is 0.135 e. The third-order valence-electron chi connectivity index (χ3n) is 13.5. The summed E-state index contributed by atoms with van der Waals surface area (Å²) in [5.74, 6) is 2.08. The fourth-order valence-electron chi connectivity index (χ4n) is 9.65. The molecule has 69 heavy (non-hydrogen) atoms. The van der Waals surface area contributed by atoms with Gasteiger partial charge in [0.1, 0.15) is 5.82 Å². The second-order valence-electron chi connectivity index (χ2n) is 23.2. The zero-order valence-corrected chi connectivity index (χ0v) is 45.2. The number of hydrogen-bond acceptors (Lipinski definition) is 4. The van der Waals surface area contributed by atoms with Gasteiger partial charge in [0, 0.05) is 77.6 Å². The van der Waals surface area contributed by atoms with Crippen molar-refractivity contribution in [2.75, 3.05) is 9.80 Å². The molecule has 0 aliphatic carbocycles. The van der Waals surface area contributed by atoms with Crippen molar-refractivity contribution in [2.24, 2.45) is 10.8 Å². The zero-order valence-electron chi connectivity index (χ0n) is 42.9. The molecule has 9 rings (SSSR count). The molecule has 0 amide bonds. The molecule has 5 nitrogen and oxygen atoms in total. The maximum absolute atomic E-state index is 6.80. The standard InChI is InChI=1S/C63H67N4O.Pt/c1-59(2,3)45-28-31-54-53(37-45)52-30-29-51(40-55(52)67(54)56-38-46(32-33-64-56)60(4,5)6)68-50-27-21-26-48(39-50)65-41-66(58(62(10,11)12)57(65)61(7,8)9)49-35-43(42-22-17-15-18-23-42)34-47(36-49)63(13,14)44-24-19-16-20-25-44;/h15-38,41H,1-14H3;/q-3;. The van der Waals surface area contributed by atoms with Gasteiger partial charge in [-0.15, -0.1) is 48.1 Å². The van der Waals surface area contributed by atoms with E-state index < -0.39 is 0 Å². The normalized spacial score (nSPS) is 13.9. The first-order chi connectivity index (χ1) is 32.0. The Morgan fingerprint density at radius 3 is 1.75 bits per heavy atom. The van der Waals surface area contributed by atoms with Crippen LogP contribution in [0, 0.1) is 29.6 Å². The Kier molecular flexibility index (Phi) is 13.0. The Morgan fingerprint density at radius 1 is 0.478 bits per heavy atom. The van der Waals surface area contributed by atoms with Crippen LogP contribution in [0.5, 0.6) is 11.5 Å². The fourth-order valence-corrected chi connectivity index (χ4v) is 9.65. The molecule has 3 heterocycles. The van der Waals surface area contributed by atoms with Crippen LogP contribution in [0.4, 0.5) is 11.4 Å². The molecule has 358 valence electrons. The SMILES string of the molecule is CC(C)(C)C1=C(C(C)(C)C)N(c2cc(-c3ccccc3)cc(C(C)(C)c3ccccc3)c2)[CH-]N1c1[c-]c(Oc2[c-]c3c(cc2)c2cc(C(C)(C)C)ccc2n3-c2cc(C(C)(C)C)ccn2)ccc1.[Pt]. The number of benzene rings is 6. The van der Waals surface area contributed by atoms with Crippen molar-refractivity contribution in [1.29, 1.82) is 0 Å². The van der Waals surface area contributed by atoms with E-state index in [-0.39, 0.29) is 48.1 Å². The van der Waals surface area contributed by atoms with Gasteiger partial charge in [-0.3, -0.25) is 0 Å². The number of ether oxygens (including phenoxy) is 1. The van der Waals surface area contributed by atoms with E-state index in [9.17, 15) is 0 Å². The number of anilines is 2. The molecule has 2 aromatic heterocycles. The first-order valence-corrected chi connectivity index (χ1v) is 24.1. The first-order valence-electron chi connectivity index (χ1n) is 24.1. The maximum atomic E-state index is 6.80. The molecule has 6 heteroatoms. The van der Waals surface area contributed by atoms with E-state index >= 15 is 0 Å². The Balaban J connectivity index is 0.00000642. The van der Waals surface area contributed by atoms with Crippen molar-refractivity contribution in [1.82, 2.24) is 9.55 Å². The van der Waals surface area contributed by atoms with Crippen LogP contribution in [0.3, 0.4) is 0 Å². The third kappa shape index (κ3) is 9.70. The van der Waals surface area contributed by atoms with E-state index in [0.717, 1.165) is 33.6 Å². The number of nitrogens with zero attached hydrogens (tertiary/aromatic N) is 4. The summed E-state index contributed by atoms with van der Waals surface area (Å²) in [6, 6.07) is 57.7. The largest absolute Gasteiger partial charge is 0.509 e. The Labute approximate surface area is 426 Å². The van der Waals surface area contributed by atoms with Crippen molar-refractivity contribution >= 4 is 33.2 Å². The number of hydrogen-bond donors (Lipinski definition) is 0. The summed E-state index contributed by atoms with van der Waals surface area (Å²) in [5.41, 5.74) is 13.1. The summed E-state index contributed by atoms with van der Waals surface area (Å²) in [6.45, 7) is 34.3. The van der Waals surface area contributed by atoms with Gasteiger partial charge in [-0.1, -0.05) is 181 Å². The first kappa shape index (κ1) is 49.5. The molecule has 8 aromatic rings. The van der Waals surface area contributed by atoms with Gasteiger partial charge in [-0.2, -0.15) is 12.1 Å². The van der Waals surface area contributed by atoms with Gasteiger partial charge in [-0.25, -0.2) is 4.98 Å². The van der Waals surface area contributed by atoms with Crippen LogP contribution in [0.25, 0.3) is 38.8 Å². The van der Waals surface area contributed by atoms with Crippen LogP contribution in [-0.2, 0) is 37.3 Å². The van der Waals surface area contributed by atoms with E-state index in [1.165, 1.54) is 50.2 Å².